The van der Waals surface area contributed by atoms with Crippen LogP contribution in [0, 0.1) is 22.0 Å². The Labute approximate surface area is 125 Å². The number of carbonyl (C=O) groups is 2. The number of nitro benzene ring substituents is 1. The zero-order chi connectivity index (χ0) is 15.1. The molecule has 0 unspecified atom stereocenters. The van der Waals surface area contributed by atoms with E-state index in [4.69, 9.17) is 11.6 Å². The summed E-state index contributed by atoms with van der Waals surface area (Å²) in [6.07, 6.45) is 3.30. The molecule has 1 aromatic rings. The van der Waals surface area contributed by atoms with E-state index in [2.05, 4.69) is 0 Å². The number of fused-ring (bicyclic) bond motifs is 1. The van der Waals surface area contributed by atoms with Gasteiger partial charge < -0.3 is 0 Å². The van der Waals surface area contributed by atoms with Crippen molar-refractivity contribution in [3.8, 4) is 0 Å². The van der Waals surface area contributed by atoms with Crippen LogP contribution in [0.15, 0.2) is 18.2 Å². The van der Waals surface area contributed by atoms with E-state index in [9.17, 15) is 19.7 Å². The molecule has 1 aromatic carbocycles. The number of imide groups is 1. The van der Waals surface area contributed by atoms with E-state index in [0.29, 0.717) is 12.8 Å². The number of nitrogens with zero attached hydrogens (tertiary/aromatic N) is 2. The minimum absolute atomic E-state index is 0.0136. The molecule has 7 heteroatoms. The van der Waals surface area contributed by atoms with Gasteiger partial charge in [0.25, 0.3) is 5.69 Å². The minimum Gasteiger partial charge on any atom is -0.274 e. The minimum atomic E-state index is -0.621. The number of hydrogen-bond donors (Lipinski definition) is 0. The van der Waals surface area contributed by atoms with E-state index in [1.165, 1.54) is 18.2 Å². The standard InChI is InChI=1S/C14H13ClN2O4/c15-11-6-5-8(7-12(11)17(20)21)16-13(18)9-3-1-2-4-10(9)14(16)19/h5-7,9-10H,1-4H2/t9-,10-/m0/s1. The van der Waals surface area contributed by atoms with Gasteiger partial charge in [0, 0.05) is 6.07 Å². The van der Waals surface area contributed by atoms with Crippen molar-refractivity contribution in [3.05, 3.63) is 33.3 Å². The lowest BCUT2D eigenvalue weighted by molar-refractivity contribution is -0.384. The molecule has 1 heterocycles. The van der Waals surface area contributed by atoms with Crippen LogP contribution >= 0.6 is 11.6 Å². The average Bonchev–Trinajstić information content (AvgIpc) is 2.72. The second-order valence-electron chi connectivity index (χ2n) is 5.40. The Hall–Kier alpha value is -1.95. The Morgan fingerprint density at radius 1 is 1.14 bits per heavy atom. The third-order valence-corrected chi connectivity index (χ3v) is 4.55. The third-order valence-electron chi connectivity index (χ3n) is 4.23. The van der Waals surface area contributed by atoms with E-state index in [1.807, 2.05) is 0 Å². The van der Waals surface area contributed by atoms with Gasteiger partial charge >= 0.3 is 0 Å². The van der Waals surface area contributed by atoms with E-state index >= 15 is 0 Å². The van der Waals surface area contributed by atoms with E-state index in [1.54, 1.807) is 0 Å². The van der Waals surface area contributed by atoms with Gasteiger partial charge in [0.1, 0.15) is 5.02 Å². The number of anilines is 1. The van der Waals surface area contributed by atoms with E-state index in [-0.39, 0.29) is 40.0 Å². The second-order valence-corrected chi connectivity index (χ2v) is 5.81. The molecule has 2 atom stereocenters. The van der Waals surface area contributed by atoms with Gasteiger partial charge in [0.2, 0.25) is 11.8 Å². The lowest BCUT2D eigenvalue weighted by Gasteiger charge is -2.19. The summed E-state index contributed by atoms with van der Waals surface area (Å²) >= 11 is 5.76. The van der Waals surface area contributed by atoms with Crippen LogP contribution in [0.5, 0.6) is 0 Å². The van der Waals surface area contributed by atoms with Crippen molar-refractivity contribution in [1.29, 1.82) is 0 Å². The van der Waals surface area contributed by atoms with Crippen LogP contribution in [0.1, 0.15) is 25.7 Å². The first kappa shape index (κ1) is 14.0. The highest BCUT2D eigenvalue weighted by atomic mass is 35.5. The highest BCUT2D eigenvalue weighted by molar-refractivity contribution is 6.33. The molecule has 21 heavy (non-hydrogen) atoms. The number of hydrogen-bond acceptors (Lipinski definition) is 4. The first-order chi connectivity index (χ1) is 10.0. The maximum atomic E-state index is 12.4. The fraction of sp³-hybridized carbons (Fsp3) is 0.429. The number of rotatable bonds is 2. The molecule has 0 spiro atoms. The molecular formula is C14H13ClN2O4. The zero-order valence-corrected chi connectivity index (χ0v) is 11.9. The van der Waals surface area contributed by atoms with Crippen molar-refractivity contribution in [2.45, 2.75) is 25.7 Å². The van der Waals surface area contributed by atoms with Crippen molar-refractivity contribution in [1.82, 2.24) is 0 Å². The summed E-state index contributed by atoms with van der Waals surface area (Å²) in [5.41, 5.74) is -0.0693. The highest BCUT2D eigenvalue weighted by Crippen LogP contribution is 2.41. The topological polar surface area (TPSA) is 80.5 Å². The maximum Gasteiger partial charge on any atom is 0.289 e. The van der Waals surface area contributed by atoms with Crippen molar-refractivity contribution in [2.24, 2.45) is 11.8 Å². The first-order valence-corrected chi connectivity index (χ1v) is 7.20. The molecule has 1 aliphatic heterocycles. The van der Waals surface area contributed by atoms with Gasteiger partial charge in [-0.25, -0.2) is 4.90 Å². The van der Waals surface area contributed by atoms with Crippen molar-refractivity contribution in [3.63, 3.8) is 0 Å². The zero-order valence-electron chi connectivity index (χ0n) is 11.1. The molecular weight excluding hydrogens is 296 g/mol. The van der Waals surface area contributed by atoms with Gasteiger partial charge in [0.05, 0.1) is 22.4 Å². The summed E-state index contributed by atoms with van der Waals surface area (Å²) in [6, 6.07) is 4.01. The lowest BCUT2D eigenvalue weighted by atomic mass is 9.81. The number of halogens is 1. The summed E-state index contributed by atoms with van der Waals surface area (Å²) in [4.78, 5) is 36.2. The summed E-state index contributed by atoms with van der Waals surface area (Å²) in [5, 5.41) is 10.9. The van der Waals surface area contributed by atoms with Crippen LogP contribution in [-0.2, 0) is 9.59 Å². The van der Waals surface area contributed by atoms with Crippen molar-refractivity contribution < 1.29 is 14.5 Å². The van der Waals surface area contributed by atoms with Gasteiger partial charge in [-0.3, -0.25) is 19.7 Å². The maximum absolute atomic E-state index is 12.4. The lowest BCUT2D eigenvalue weighted by Crippen LogP contribution is -2.30. The van der Waals surface area contributed by atoms with Crippen LogP contribution < -0.4 is 4.90 Å². The Balaban J connectivity index is 2.00. The number of carbonyl (C=O) groups excluding carboxylic acids is 2. The molecule has 2 fully saturated rings. The molecule has 1 saturated carbocycles. The Kier molecular flexibility index (Phi) is 3.41. The Morgan fingerprint density at radius 2 is 1.71 bits per heavy atom. The Morgan fingerprint density at radius 3 is 2.24 bits per heavy atom. The number of nitro groups is 1. The smallest absolute Gasteiger partial charge is 0.274 e. The quantitative estimate of drug-likeness (QED) is 0.478. The van der Waals surface area contributed by atoms with Crippen LogP contribution in [0.25, 0.3) is 0 Å². The monoisotopic (exact) mass is 308 g/mol. The van der Waals surface area contributed by atoms with Crippen molar-refractivity contribution in [2.75, 3.05) is 4.90 Å². The SMILES string of the molecule is O=C1[C@H]2CCCC[C@@H]2C(=O)N1c1ccc(Cl)c([N+](=O)[O-])c1. The van der Waals surface area contributed by atoms with Gasteiger partial charge in [-0.2, -0.15) is 0 Å². The van der Waals surface area contributed by atoms with Gasteiger partial charge in [-0.15, -0.1) is 0 Å². The number of benzene rings is 1. The van der Waals surface area contributed by atoms with E-state index in [0.717, 1.165) is 17.7 Å². The molecule has 1 saturated heterocycles. The molecule has 1 aliphatic carbocycles. The molecule has 3 rings (SSSR count). The largest absolute Gasteiger partial charge is 0.289 e. The van der Waals surface area contributed by atoms with Crippen LogP contribution in [0.2, 0.25) is 5.02 Å². The predicted octanol–water partition coefficient (Wildman–Crippen LogP) is 2.93. The predicted molar refractivity (Wildman–Crippen MR) is 76.0 cm³/mol. The third kappa shape index (κ3) is 2.19. The van der Waals surface area contributed by atoms with Gasteiger partial charge in [-0.05, 0) is 25.0 Å². The average molecular weight is 309 g/mol. The highest BCUT2D eigenvalue weighted by Gasteiger charge is 2.48. The van der Waals surface area contributed by atoms with Crippen LogP contribution in [0.4, 0.5) is 11.4 Å². The van der Waals surface area contributed by atoms with Crippen LogP contribution in [-0.4, -0.2) is 16.7 Å². The molecule has 2 amide bonds. The Bertz CT molecular complexity index is 622. The molecule has 2 aliphatic rings. The first-order valence-electron chi connectivity index (χ1n) is 6.82. The second kappa shape index (κ2) is 5.11. The molecule has 0 aromatic heterocycles. The normalized spacial score (nSPS) is 25.1. The molecule has 0 N–H and O–H groups in total. The summed E-state index contributed by atoms with van der Waals surface area (Å²) in [6.45, 7) is 0. The fourth-order valence-corrected chi connectivity index (χ4v) is 3.38. The fourth-order valence-electron chi connectivity index (χ4n) is 3.20. The van der Waals surface area contributed by atoms with E-state index < -0.39 is 4.92 Å². The molecule has 0 bridgehead atoms. The van der Waals surface area contributed by atoms with Gasteiger partial charge in [0.15, 0.2) is 0 Å². The summed E-state index contributed by atoms with van der Waals surface area (Å²) in [5.74, 6) is -1.05. The molecule has 110 valence electrons. The summed E-state index contributed by atoms with van der Waals surface area (Å²) < 4.78 is 0. The number of amides is 2. The van der Waals surface area contributed by atoms with Crippen molar-refractivity contribution >= 4 is 34.8 Å². The van der Waals surface area contributed by atoms with Gasteiger partial charge in [-0.1, -0.05) is 24.4 Å². The molecule has 0 radical (unpaired) electrons. The summed E-state index contributed by atoms with van der Waals surface area (Å²) in [7, 11) is 0. The molecule has 6 nitrogen and oxygen atoms in total. The van der Waals surface area contributed by atoms with Crippen LogP contribution in [0.3, 0.4) is 0 Å².